The Hall–Kier alpha value is -1.96. The third-order valence-electron chi connectivity index (χ3n) is 5.32. The van der Waals surface area contributed by atoms with Crippen molar-refractivity contribution in [3.8, 4) is 0 Å². The van der Waals surface area contributed by atoms with Gasteiger partial charge in [0.05, 0.1) is 5.69 Å². The van der Waals surface area contributed by atoms with Gasteiger partial charge in [0, 0.05) is 5.57 Å². The van der Waals surface area contributed by atoms with Gasteiger partial charge in [-0.15, -0.1) is 0 Å². The zero-order chi connectivity index (χ0) is 21.4. The maximum atomic E-state index is 13.4. The van der Waals surface area contributed by atoms with E-state index >= 15 is 0 Å². The topological polar surface area (TPSA) is 29.4 Å². The number of ketones is 1. The average molecular weight is 380 g/mol. The first-order chi connectivity index (χ1) is 12.7. The summed E-state index contributed by atoms with van der Waals surface area (Å²) in [5, 5.41) is 0. The van der Waals surface area contributed by atoms with E-state index in [-0.39, 0.29) is 16.6 Å². The van der Waals surface area contributed by atoms with Crippen molar-refractivity contribution in [2.24, 2.45) is 15.8 Å². The van der Waals surface area contributed by atoms with Crippen LogP contribution in [0, 0.1) is 10.8 Å². The van der Waals surface area contributed by atoms with Crippen molar-refractivity contribution < 1.29 is 4.79 Å². The highest BCUT2D eigenvalue weighted by molar-refractivity contribution is 6.51. The summed E-state index contributed by atoms with van der Waals surface area (Å²) in [7, 11) is 0. The number of hydrogen-bond acceptors (Lipinski definition) is 2. The molecule has 0 aliphatic heterocycles. The van der Waals surface area contributed by atoms with Crippen molar-refractivity contribution in [3.63, 3.8) is 0 Å². The zero-order valence-corrected chi connectivity index (χ0v) is 19.4. The molecule has 0 heterocycles. The second kappa shape index (κ2) is 7.81. The minimum Gasteiger partial charge on any atom is -0.287 e. The number of benzene rings is 1. The van der Waals surface area contributed by atoms with Crippen LogP contribution in [0.3, 0.4) is 0 Å². The van der Waals surface area contributed by atoms with Gasteiger partial charge in [0.1, 0.15) is 5.71 Å². The van der Waals surface area contributed by atoms with E-state index in [2.05, 4.69) is 93.5 Å². The molecule has 2 rings (SSSR count). The lowest BCUT2D eigenvalue weighted by atomic mass is 9.74. The van der Waals surface area contributed by atoms with Crippen molar-refractivity contribution in [3.05, 3.63) is 52.6 Å². The molecule has 0 unspecified atom stereocenters. The fraction of sp³-hybridized carbons (Fsp3) is 0.538. The Kier molecular flexibility index (Phi) is 6.23. The van der Waals surface area contributed by atoms with Gasteiger partial charge in [-0.25, -0.2) is 4.99 Å². The van der Waals surface area contributed by atoms with Crippen LogP contribution in [0.15, 0.2) is 46.5 Å². The highest BCUT2D eigenvalue weighted by atomic mass is 16.1. The first kappa shape index (κ1) is 22.3. The minimum absolute atomic E-state index is 0.0452. The van der Waals surface area contributed by atoms with Crippen LogP contribution >= 0.6 is 0 Å². The van der Waals surface area contributed by atoms with Crippen LogP contribution < -0.4 is 0 Å². The van der Waals surface area contributed by atoms with Gasteiger partial charge in [0.2, 0.25) is 5.78 Å². The highest BCUT2D eigenvalue weighted by Crippen LogP contribution is 2.39. The summed E-state index contributed by atoms with van der Waals surface area (Å²) < 4.78 is 0. The summed E-state index contributed by atoms with van der Waals surface area (Å²) >= 11 is 0. The maximum Gasteiger partial charge on any atom is 0.207 e. The van der Waals surface area contributed by atoms with Gasteiger partial charge in [0.15, 0.2) is 0 Å². The molecule has 1 aromatic rings. The number of carbonyl (C=O) groups is 1. The van der Waals surface area contributed by atoms with Gasteiger partial charge in [-0.05, 0) is 45.4 Å². The fourth-order valence-corrected chi connectivity index (χ4v) is 3.45. The van der Waals surface area contributed by atoms with Gasteiger partial charge in [0.25, 0.3) is 0 Å². The highest BCUT2D eigenvalue weighted by Gasteiger charge is 2.32. The van der Waals surface area contributed by atoms with Crippen molar-refractivity contribution in [1.82, 2.24) is 0 Å². The van der Waals surface area contributed by atoms with Gasteiger partial charge in [-0.3, -0.25) is 4.79 Å². The summed E-state index contributed by atoms with van der Waals surface area (Å²) in [4.78, 5) is 18.4. The summed E-state index contributed by atoms with van der Waals surface area (Å²) in [6, 6.07) is 6.38. The third-order valence-corrected chi connectivity index (χ3v) is 5.32. The van der Waals surface area contributed by atoms with Crippen molar-refractivity contribution >= 4 is 17.2 Å². The fourth-order valence-electron chi connectivity index (χ4n) is 3.45. The van der Waals surface area contributed by atoms with Gasteiger partial charge < -0.3 is 0 Å². The molecule has 0 fully saturated rings. The molecule has 2 heteroatoms. The first-order valence-corrected chi connectivity index (χ1v) is 10.4. The Labute approximate surface area is 171 Å². The van der Waals surface area contributed by atoms with E-state index in [1.807, 2.05) is 6.08 Å². The smallest absolute Gasteiger partial charge is 0.207 e. The third kappa shape index (κ3) is 4.71. The summed E-state index contributed by atoms with van der Waals surface area (Å²) in [5.41, 5.74) is 5.66. The number of para-hydroxylation sites is 1. The van der Waals surface area contributed by atoms with Crippen LogP contribution in [-0.2, 0) is 4.79 Å². The maximum absolute atomic E-state index is 13.4. The quantitative estimate of drug-likeness (QED) is 0.499. The van der Waals surface area contributed by atoms with Gasteiger partial charge in [-0.2, -0.15) is 0 Å². The van der Waals surface area contributed by atoms with Crippen molar-refractivity contribution in [2.45, 2.75) is 81.1 Å². The Morgan fingerprint density at radius 1 is 0.786 bits per heavy atom. The second-order valence-corrected chi connectivity index (χ2v) is 10.6. The van der Waals surface area contributed by atoms with E-state index in [4.69, 9.17) is 4.99 Å². The number of carbonyl (C=O) groups excluding carboxylic acids is 1. The van der Waals surface area contributed by atoms with Crippen LogP contribution in [-0.4, -0.2) is 11.5 Å². The molecule has 0 spiro atoms. The Bertz CT molecular complexity index is 823. The Balaban J connectivity index is 2.77. The molecule has 0 saturated heterocycles. The number of allylic oxidation sites excluding steroid dienone is 4. The van der Waals surface area contributed by atoms with Crippen LogP contribution in [0.5, 0.6) is 0 Å². The summed E-state index contributed by atoms with van der Waals surface area (Å²) in [6.07, 6.45) is 4.08. The number of rotatable bonds is 3. The molecule has 0 atom stereocenters. The van der Waals surface area contributed by atoms with Crippen LogP contribution in [0.1, 0.15) is 92.2 Å². The Morgan fingerprint density at radius 2 is 1.29 bits per heavy atom. The first-order valence-electron chi connectivity index (χ1n) is 10.4. The van der Waals surface area contributed by atoms with Crippen LogP contribution in [0.25, 0.3) is 0 Å². The predicted octanol–water partition coefficient (Wildman–Crippen LogP) is 7.53. The summed E-state index contributed by atoms with van der Waals surface area (Å²) in [5.74, 6) is 0.745. The molecule has 0 saturated carbocycles. The normalized spacial score (nSPS) is 17.4. The minimum atomic E-state index is -0.221. The van der Waals surface area contributed by atoms with Crippen molar-refractivity contribution in [2.75, 3.05) is 0 Å². The molecule has 28 heavy (non-hydrogen) atoms. The molecule has 0 N–H and O–H groups in total. The summed E-state index contributed by atoms with van der Waals surface area (Å²) in [6.45, 7) is 21.6. The van der Waals surface area contributed by atoms with Crippen LogP contribution in [0.4, 0.5) is 5.69 Å². The van der Waals surface area contributed by atoms with E-state index in [9.17, 15) is 4.79 Å². The molecule has 1 aromatic carbocycles. The average Bonchev–Trinajstić information content (AvgIpc) is 2.54. The van der Waals surface area contributed by atoms with Crippen LogP contribution in [0.2, 0.25) is 0 Å². The van der Waals surface area contributed by atoms with E-state index in [0.29, 0.717) is 17.5 Å². The molecule has 1 aliphatic rings. The number of Topliss-reactive ketones (excluding diaryl/α,β-unsaturated/α-hetero) is 1. The Morgan fingerprint density at radius 3 is 1.68 bits per heavy atom. The lowest BCUT2D eigenvalue weighted by Gasteiger charge is -2.30. The molecule has 0 bridgehead atoms. The van der Waals surface area contributed by atoms with E-state index in [1.165, 1.54) is 11.1 Å². The van der Waals surface area contributed by atoms with Crippen molar-refractivity contribution in [1.29, 1.82) is 0 Å². The van der Waals surface area contributed by atoms with E-state index in [0.717, 1.165) is 16.8 Å². The van der Waals surface area contributed by atoms with E-state index < -0.39 is 0 Å². The number of aliphatic imine (C=N–C) groups is 1. The zero-order valence-electron chi connectivity index (χ0n) is 19.4. The molecule has 0 aromatic heterocycles. The lowest BCUT2D eigenvalue weighted by Crippen LogP contribution is -2.29. The molecule has 1 aliphatic carbocycles. The van der Waals surface area contributed by atoms with Gasteiger partial charge in [-0.1, -0.05) is 93.5 Å². The number of hydrogen-bond donors (Lipinski definition) is 0. The molecule has 152 valence electrons. The monoisotopic (exact) mass is 379 g/mol. The number of nitrogens with zero attached hydrogens (tertiary/aromatic N) is 1. The predicted molar refractivity (Wildman–Crippen MR) is 122 cm³/mol. The largest absolute Gasteiger partial charge is 0.287 e. The standard InChI is InChI=1S/C26H37NO/c1-16(2)19-12-11-13-20(17(3)4)23(19)27-22-15-18(25(5,6)7)14-21(24(22)28)26(8,9)10/h11-17H,1-10H3. The molecule has 2 nitrogen and oxygen atoms in total. The SMILES string of the molecule is CC(C)c1cccc(C(C)C)c1N=C1C=C(C(C)(C)C)C=C(C(C)(C)C)C1=O. The molecular weight excluding hydrogens is 342 g/mol. The molecular formula is C26H37NO. The van der Waals surface area contributed by atoms with Gasteiger partial charge >= 0.3 is 0 Å². The molecule has 0 amide bonds. The lowest BCUT2D eigenvalue weighted by molar-refractivity contribution is -0.110. The second-order valence-electron chi connectivity index (χ2n) is 10.6. The molecule has 0 radical (unpaired) electrons. The van der Waals surface area contributed by atoms with E-state index in [1.54, 1.807) is 0 Å².